The molecule has 1 amide bonds. The molecule has 2 aromatic rings. The summed E-state index contributed by atoms with van der Waals surface area (Å²) >= 11 is 0. The molecule has 0 fully saturated rings. The summed E-state index contributed by atoms with van der Waals surface area (Å²) in [4.78, 5) is 37.5. The molecule has 1 atom stereocenters. The normalized spacial score (nSPS) is 11.8. The molecule has 28 heavy (non-hydrogen) atoms. The molecule has 0 aliphatic heterocycles. The first kappa shape index (κ1) is 21.4. The fourth-order valence-electron chi connectivity index (χ4n) is 2.98. The summed E-state index contributed by atoms with van der Waals surface area (Å²) in [5.41, 5.74) is 3.76. The fraction of sp³-hybridized carbons (Fsp3) is 0.348. The monoisotopic (exact) mass is 381 g/mol. The largest absolute Gasteiger partial charge is 0.456 e. The van der Waals surface area contributed by atoms with Crippen molar-refractivity contribution in [2.75, 3.05) is 6.61 Å². The van der Waals surface area contributed by atoms with Crippen molar-refractivity contribution in [2.45, 2.75) is 40.7 Å². The molecule has 2 aromatic carbocycles. The van der Waals surface area contributed by atoms with Gasteiger partial charge < -0.3 is 10.1 Å². The highest BCUT2D eigenvalue weighted by molar-refractivity contribution is 6.00. The van der Waals surface area contributed by atoms with Crippen LogP contribution >= 0.6 is 0 Å². The maximum absolute atomic E-state index is 12.5. The highest BCUT2D eigenvalue weighted by Gasteiger charge is 2.27. The lowest BCUT2D eigenvalue weighted by atomic mass is 10.0. The van der Waals surface area contributed by atoms with Gasteiger partial charge in [-0.1, -0.05) is 55.8 Å². The van der Waals surface area contributed by atoms with Crippen molar-refractivity contribution in [3.05, 3.63) is 70.3 Å². The first-order chi connectivity index (χ1) is 13.2. The van der Waals surface area contributed by atoms with Gasteiger partial charge in [0.25, 0.3) is 5.91 Å². The van der Waals surface area contributed by atoms with E-state index >= 15 is 0 Å². The van der Waals surface area contributed by atoms with Gasteiger partial charge in [0.05, 0.1) is 0 Å². The van der Waals surface area contributed by atoms with E-state index in [-0.39, 0.29) is 24.2 Å². The number of ether oxygens (including phenoxy) is 1. The van der Waals surface area contributed by atoms with E-state index in [9.17, 15) is 14.4 Å². The third kappa shape index (κ3) is 5.28. The molecule has 0 unspecified atom stereocenters. The zero-order valence-corrected chi connectivity index (χ0v) is 17.0. The number of hydrogen-bond donors (Lipinski definition) is 1. The molecule has 5 nitrogen and oxygen atoms in total. The number of ketones is 1. The third-order valence-electron chi connectivity index (χ3n) is 4.62. The molecule has 2 rings (SSSR count). The fourth-order valence-corrected chi connectivity index (χ4v) is 2.98. The Morgan fingerprint density at radius 3 is 2.21 bits per heavy atom. The standard InChI is InChI=1S/C23H27NO4/c1-14(2)21(24-22(26)19-9-7-6-8-16(19)4)23(27)28-13-20(25)18-11-10-15(3)12-17(18)5/h6-12,14,21H,13H2,1-5H3,(H,24,26)/t21-/m0/s1. The Morgan fingerprint density at radius 1 is 0.929 bits per heavy atom. The zero-order valence-electron chi connectivity index (χ0n) is 17.0. The van der Waals surface area contributed by atoms with Gasteiger partial charge in [-0.05, 0) is 43.9 Å². The van der Waals surface area contributed by atoms with E-state index in [1.807, 2.05) is 58.9 Å². The van der Waals surface area contributed by atoms with Crippen LogP contribution < -0.4 is 5.32 Å². The topological polar surface area (TPSA) is 72.5 Å². The third-order valence-corrected chi connectivity index (χ3v) is 4.62. The van der Waals surface area contributed by atoms with Crippen LogP contribution in [0.4, 0.5) is 0 Å². The van der Waals surface area contributed by atoms with Crippen LogP contribution in [-0.2, 0) is 9.53 Å². The Hall–Kier alpha value is -2.95. The first-order valence-electron chi connectivity index (χ1n) is 9.34. The van der Waals surface area contributed by atoms with Gasteiger partial charge in [-0.3, -0.25) is 9.59 Å². The number of carbonyl (C=O) groups excluding carboxylic acids is 3. The summed E-state index contributed by atoms with van der Waals surface area (Å²) in [5.74, 6) is -1.40. The molecule has 0 bridgehead atoms. The zero-order chi connectivity index (χ0) is 20.8. The quantitative estimate of drug-likeness (QED) is 0.585. The Balaban J connectivity index is 2.03. The number of rotatable bonds is 7. The van der Waals surface area contributed by atoms with Crippen LogP contribution in [0.2, 0.25) is 0 Å². The van der Waals surface area contributed by atoms with Crippen molar-refractivity contribution in [3.63, 3.8) is 0 Å². The number of aryl methyl sites for hydroxylation is 3. The van der Waals surface area contributed by atoms with E-state index < -0.39 is 12.0 Å². The van der Waals surface area contributed by atoms with Gasteiger partial charge in [-0.15, -0.1) is 0 Å². The summed E-state index contributed by atoms with van der Waals surface area (Å²) < 4.78 is 5.23. The van der Waals surface area contributed by atoms with Crippen LogP contribution in [0, 0.1) is 26.7 Å². The number of benzene rings is 2. The Morgan fingerprint density at radius 2 is 1.61 bits per heavy atom. The molecule has 0 aromatic heterocycles. The molecular weight excluding hydrogens is 354 g/mol. The Labute approximate surface area is 166 Å². The van der Waals surface area contributed by atoms with Crippen LogP contribution in [0.5, 0.6) is 0 Å². The average Bonchev–Trinajstić information content (AvgIpc) is 2.63. The van der Waals surface area contributed by atoms with Gasteiger partial charge in [0.1, 0.15) is 6.04 Å². The molecule has 0 saturated carbocycles. The first-order valence-corrected chi connectivity index (χ1v) is 9.34. The lowest BCUT2D eigenvalue weighted by molar-refractivity contribution is -0.145. The van der Waals surface area contributed by atoms with Crippen LogP contribution in [0.15, 0.2) is 42.5 Å². The van der Waals surface area contributed by atoms with E-state index in [0.717, 1.165) is 16.7 Å². The maximum Gasteiger partial charge on any atom is 0.329 e. The van der Waals surface area contributed by atoms with Crippen molar-refractivity contribution >= 4 is 17.7 Å². The second-order valence-corrected chi connectivity index (χ2v) is 7.36. The molecule has 0 aliphatic rings. The summed E-state index contributed by atoms with van der Waals surface area (Å²) in [7, 11) is 0. The SMILES string of the molecule is Cc1ccc(C(=O)COC(=O)[C@@H](NC(=O)c2ccccc2C)C(C)C)c(C)c1. The van der Waals surface area contributed by atoms with E-state index in [1.165, 1.54) is 0 Å². The molecule has 1 N–H and O–H groups in total. The lowest BCUT2D eigenvalue weighted by Crippen LogP contribution is -2.45. The van der Waals surface area contributed by atoms with Gasteiger partial charge in [-0.2, -0.15) is 0 Å². The highest BCUT2D eigenvalue weighted by Crippen LogP contribution is 2.13. The maximum atomic E-state index is 12.5. The van der Waals surface area contributed by atoms with Crippen molar-refractivity contribution in [1.82, 2.24) is 5.32 Å². The van der Waals surface area contributed by atoms with E-state index in [4.69, 9.17) is 4.74 Å². The summed E-state index contributed by atoms with van der Waals surface area (Å²) in [6.07, 6.45) is 0. The number of Topliss-reactive ketones (excluding diaryl/α,β-unsaturated/α-hetero) is 1. The molecule has 148 valence electrons. The van der Waals surface area contributed by atoms with Gasteiger partial charge in [0, 0.05) is 11.1 Å². The van der Waals surface area contributed by atoms with Gasteiger partial charge >= 0.3 is 5.97 Å². The second kappa shape index (κ2) is 9.31. The van der Waals surface area contributed by atoms with E-state index in [1.54, 1.807) is 18.2 Å². The minimum Gasteiger partial charge on any atom is -0.456 e. The number of esters is 1. The highest BCUT2D eigenvalue weighted by atomic mass is 16.5. The summed E-state index contributed by atoms with van der Waals surface area (Å²) in [6.45, 7) is 8.91. The van der Waals surface area contributed by atoms with Gasteiger partial charge in [0.2, 0.25) is 5.78 Å². The van der Waals surface area contributed by atoms with E-state index in [2.05, 4.69) is 5.32 Å². The van der Waals surface area contributed by atoms with Gasteiger partial charge in [-0.25, -0.2) is 4.79 Å². The molecular formula is C23H27NO4. The molecule has 5 heteroatoms. The molecule has 0 saturated heterocycles. The lowest BCUT2D eigenvalue weighted by Gasteiger charge is -2.21. The van der Waals surface area contributed by atoms with Crippen molar-refractivity contribution in [2.24, 2.45) is 5.92 Å². The molecule has 0 heterocycles. The van der Waals surface area contributed by atoms with E-state index in [0.29, 0.717) is 11.1 Å². The van der Waals surface area contributed by atoms with Crippen LogP contribution in [0.3, 0.4) is 0 Å². The number of nitrogens with one attached hydrogen (secondary N) is 1. The predicted octanol–water partition coefficient (Wildman–Crippen LogP) is 3.79. The summed E-state index contributed by atoms with van der Waals surface area (Å²) in [5, 5.41) is 2.73. The van der Waals surface area contributed by atoms with Crippen LogP contribution in [0.1, 0.15) is 51.3 Å². The predicted molar refractivity (Wildman–Crippen MR) is 108 cm³/mol. The van der Waals surface area contributed by atoms with Gasteiger partial charge in [0.15, 0.2) is 6.61 Å². The Kier molecular flexibility index (Phi) is 7.10. The molecule has 0 spiro atoms. The smallest absolute Gasteiger partial charge is 0.329 e. The minimum absolute atomic E-state index is 0.184. The van der Waals surface area contributed by atoms with Crippen molar-refractivity contribution in [1.29, 1.82) is 0 Å². The summed E-state index contributed by atoms with van der Waals surface area (Å²) in [6, 6.07) is 11.8. The molecule has 0 radical (unpaired) electrons. The van der Waals surface area contributed by atoms with Crippen molar-refractivity contribution in [3.8, 4) is 0 Å². The Bertz CT molecular complexity index is 886. The number of carbonyl (C=O) groups is 3. The number of hydrogen-bond acceptors (Lipinski definition) is 4. The molecule has 0 aliphatic carbocycles. The van der Waals surface area contributed by atoms with Crippen LogP contribution in [0.25, 0.3) is 0 Å². The van der Waals surface area contributed by atoms with Crippen LogP contribution in [-0.4, -0.2) is 30.3 Å². The second-order valence-electron chi connectivity index (χ2n) is 7.36. The number of amides is 1. The average molecular weight is 381 g/mol. The van der Waals surface area contributed by atoms with Crippen molar-refractivity contribution < 1.29 is 19.1 Å². The minimum atomic E-state index is -0.834.